The maximum Gasteiger partial charge on any atom is 0.116 e. The summed E-state index contributed by atoms with van der Waals surface area (Å²) in [7, 11) is 2.09. The van der Waals surface area contributed by atoms with E-state index in [0.29, 0.717) is 5.75 Å². The molecule has 1 aliphatic rings. The molecule has 0 radical (unpaired) electrons. The van der Waals surface area contributed by atoms with Gasteiger partial charge in [0.1, 0.15) is 5.75 Å². The Morgan fingerprint density at radius 3 is 2.71 bits per heavy atom. The Kier molecular flexibility index (Phi) is 3.55. The Morgan fingerprint density at radius 1 is 1.36 bits per heavy atom. The van der Waals surface area contributed by atoms with Crippen LogP contribution in [0.15, 0.2) is 30.3 Å². The molecule has 3 heteroatoms. The van der Waals surface area contributed by atoms with Crippen molar-refractivity contribution in [2.45, 2.75) is 0 Å². The lowest BCUT2D eigenvalue weighted by molar-refractivity contribution is 0.438. The van der Waals surface area contributed by atoms with Gasteiger partial charge in [-0.15, -0.1) is 12.4 Å². The minimum atomic E-state index is 0. The largest absolute Gasteiger partial charge is 0.508 e. The summed E-state index contributed by atoms with van der Waals surface area (Å²) in [5.41, 5.74) is 2.43. The molecule has 0 atom stereocenters. The fraction of sp³-hybridized carbons (Fsp3) is 0.273. The molecule has 76 valence electrons. The van der Waals surface area contributed by atoms with Crippen LogP contribution >= 0.6 is 12.4 Å². The van der Waals surface area contributed by atoms with Gasteiger partial charge in [-0.25, -0.2) is 0 Å². The molecule has 0 bridgehead atoms. The number of rotatable bonds is 1. The number of benzene rings is 1. The summed E-state index contributed by atoms with van der Waals surface area (Å²) in [6.45, 7) is 1.98. The monoisotopic (exact) mass is 211 g/mol. The van der Waals surface area contributed by atoms with Crippen LogP contribution in [0.5, 0.6) is 5.75 Å². The van der Waals surface area contributed by atoms with Gasteiger partial charge in [0.05, 0.1) is 0 Å². The van der Waals surface area contributed by atoms with Crippen LogP contribution in [-0.2, 0) is 0 Å². The highest BCUT2D eigenvalue weighted by molar-refractivity contribution is 5.85. The van der Waals surface area contributed by atoms with Crippen LogP contribution in [0.4, 0.5) is 0 Å². The number of halogens is 1. The predicted octanol–water partition coefficient (Wildman–Crippen LogP) is 2.14. The third-order valence-electron chi connectivity index (χ3n) is 2.31. The molecule has 0 spiro atoms. The van der Waals surface area contributed by atoms with Gasteiger partial charge in [0.25, 0.3) is 0 Å². The van der Waals surface area contributed by atoms with Crippen LogP contribution in [0.2, 0.25) is 0 Å². The Labute approximate surface area is 90.3 Å². The third-order valence-corrected chi connectivity index (χ3v) is 2.31. The molecule has 1 heterocycles. The zero-order chi connectivity index (χ0) is 9.26. The summed E-state index contributed by atoms with van der Waals surface area (Å²) in [5, 5.41) is 9.30. The second-order valence-electron chi connectivity index (χ2n) is 3.48. The lowest BCUT2D eigenvalue weighted by atomic mass is 10.1. The topological polar surface area (TPSA) is 23.5 Å². The van der Waals surface area contributed by atoms with Crippen LogP contribution in [0, 0.1) is 0 Å². The van der Waals surface area contributed by atoms with Gasteiger partial charge in [0.2, 0.25) is 0 Å². The van der Waals surface area contributed by atoms with Crippen molar-refractivity contribution in [3.63, 3.8) is 0 Å². The molecule has 0 saturated carbocycles. The normalized spacial score (nSPS) is 16.2. The van der Waals surface area contributed by atoms with Crippen LogP contribution in [0.25, 0.3) is 5.57 Å². The molecule has 0 aromatic heterocycles. The van der Waals surface area contributed by atoms with Gasteiger partial charge in [0, 0.05) is 13.1 Å². The van der Waals surface area contributed by atoms with E-state index < -0.39 is 0 Å². The molecule has 0 amide bonds. The quantitative estimate of drug-likeness (QED) is 0.770. The summed E-state index contributed by atoms with van der Waals surface area (Å²) < 4.78 is 0. The smallest absolute Gasteiger partial charge is 0.116 e. The molecule has 2 rings (SSSR count). The summed E-state index contributed by atoms with van der Waals surface area (Å²) >= 11 is 0. The molecule has 1 aliphatic heterocycles. The van der Waals surface area contributed by atoms with E-state index in [1.54, 1.807) is 6.07 Å². The number of hydrogen-bond donors (Lipinski definition) is 1. The van der Waals surface area contributed by atoms with Crippen molar-refractivity contribution in [2.75, 3.05) is 20.1 Å². The van der Waals surface area contributed by atoms with Crippen molar-refractivity contribution < 1.29 is 5.11 Å². The molecule has 0 fully saturated rings. The molecule has 0 saturated heterocycles. The predicted molar refractivity (Wildman–Crippen MR) is 60.8 cm³/mol. The number of nitrogens with zero attached hydrogens (tertiary/aromatic N) is 1. The lowest BCUT2D eigenvalue weighted by Gasteiger charge is -2.07. The van der Waals surface area contributed by atoms with E-state index in [2.05, 4.69) is 18.0 Å². The Bertz CT molecular complexity index is 349. The molecular weight excluding hydrogens is 198 g/mol. The van der Waals surface area contributed by atoms with Crippen LogP contribution < -0.4 is 0 Å². The van der Waals surface area contributed by atoms with E-state index in [-0.39, 0.29) is 12.4 Å². The third kappa shape index (κ3) is 2.28. The van der Waals surface area contributed by atoms with Gasteiger partial charge < -0.3 is 5.11 Å². The lowest BCUT2D eigenvalue weighted by Crippen LogP contribution is -2.13. The number of phenolic OH excluding ortho intramolecular Hbond substituents is 1. The Balaban J connectivity index is 0.000000980. The second-order valence-corrected chi connectivity index (χ2v) is 3.48. The highest BCUT2D eigenvalue weighted by Gasteiger charge is 2.11. The molecule has 0 aliphatic carbocycles. The van der Waals surface area contributed by atoms with E-state index in [1.165, 1.54) is 5.57 Å². The SMILES string of the molecule is CN1CC=C(c2cccc(O)c2)C1.Cl. The molecule has 2 nitrogen and oxygen atoms in total. The minimum Gasteiger partial charge on any atom is -0.508 e. The summed E-state index contributed by atoms with van der Waals surface area (Å²) in [6, 6.07) is 7.42. The van der Waals surface area contributed by atoms with Gasteiger partial charge in [-0.3, -0.25) is 4.90 Å². The molecule has 1 N–H and O–H groups in total. The Morgan fingerprint density at radius 2 is 2.14 bits per heavy atom. The molecule has 0 unspecified atom stereocenters. The first-order valence-corrected chi connectivity index (χ1v) is 4.43. The van der Waals surface area contributed by atoms with Gasteiger partial charge in [0.15, 0.2) is 0 Å². The number of hydrogen-bond acceptors (Lipinski definition) is 2. The zero-order valence-electron chi connectivity index (χ0n) is 8.10. The second kappa shape index (κ2) is 4.49. The van der Waals surface area contributed by atoms with E-state index in [1.807, 2.05) is 18.2 Å². The molecule has 14 heavy (non-hydrogen) atoms. The maximum absolute atomic E-state index is 9.30. The van der Waals surface area contributed by atoms with Crippen LogP contribution in [0.1, 0.15) is 5.56 Å². The van der Waals surface area contributed by atoms with Crippen molar-refractivity contribution in [3.8, 4) is 5.75 Å². The van der Waals surface area contributed by atoms with Crippen LogP contribution in [-0.4, -0.2) is 30.1 Å². The minimum absolute atomic E-state index is 0. The summed E-state index contributed by atoms with van der Waals surface area (Å²) in [4.78, 5) is 2.24. The van der Waals surface area contributed by atoms with Crippen molar-refractivity contribution >= 4 is 18.0 Å². The van der Waals surface area contributed by atoms with Gasteiger partial charge in [-0.2, -0.15) is 0 Å². The maximum atomic E-state index is 9.30. The van der Waals surface area contributed by atoms with E-state index >= 15 is 0 Å². The average Bonchev–Trinajstić information content (AvgIpc) is 2.52. The highest BCUT2D eigenvalue weighted by atomic mass is 35.5. The molecule has 1 aromatic carbocycles. The highest BCUT2D eigenvalue weighted by Crippen LogP contribution is 2.22. The van der Waals surface area contributed by atoms with E-state index in [4.69, 9.17) is 0 Å². The number of likely N-dealkylation sites (N-methyl/N-ethyl adjacent to an activating group) is 1. The van der Waals surface area contributed by atoms with Gasteiger partial charge in [-0.05, 0) is 30.3 Å². The van der Waals surface area contributed by atoms with Gasteiger partial charge >= 0.3 is 0 Å². The fourth-order valence-corrected chi connectivity index (χ4v) is 1.60. The molecule has 1 aromatic rings. The zero-order valence-corrected chi connectivity index (χ0v) is 8.92. The van der Waals surface area contributed by atoms with Crippen molar-refractivity contribution in [2.24, 2.45) is 0 Å². The van der Waals surface area contributed by atoms with Gasteiger partial charge in [-0.1, -0.05) is 18.2 Å². The van der Waals surface area contributed by atoms with Crippen molar-refractivity contribution in [3.05, 3.63) is 35.9 Å². The summed E-state index contributed by atoms with van der Waals surface area (Å²) in [6.07, 6.45) is 2.20. The number of phenols is 1. The van der Waals surface area contributed by atoms with Crippen molar-refractivity contribution in [1.29, 1.82) is 0 Å². The average molecular weight is 212 g/mol. The number of aromatic hydroxyl groups is 1. The standard InChI is InChI=1S/C11H13NO.ClH/c1-12-6-5-10(8-12)9-3-2-4-11(13)7-9;/h2-5,7,13H,6,8H2,1H3;1H. The van der Waals surface area contributed by atoms with Crippen LogP contribution in [0.3, 0.4) is 0 Å². The first-order chi connectivity index (χ1) is 6.25. The summed E-state index contributed by atoms with van der Waals surface area (Å²) in [5.74, 6) is 0.341. The molecular formula is C11H14ClNO. The Hall–Kier alpha value is -0.990. The van der Waals surface area contributed by atoms with E-state index in [0.717, 1.165) is 18.7 Å². The first kappa shape index (κ1) is 11.1. The van der Waals surface area contributed by atoms with E-state index in [9.17, 15) is 5.11 Å². The van der Waals surface area contributed by atoms with Crippen molar-refractivity contribution in [1.82, 2.24) is 4.90 Å². The fourth-order valence-electron chi connectivity index (χ4n) is 1.60. The first-order valence-electron chi connectivity index (χ1n) is 4.43.